The summed E-state index contributed by atoms with van der Waals surface area (Å²) in [4.78, 5) is 10.2. The van der Waals surface area contributed by atoms with Crippen molar-refractivity contribution in [1.82, 2.24) is 15.6 Å². The van der Waals surface area contributed by atoms with E-state index >= 15 is 0 Å². The fourth-order valence-corrected chi connectivity index (χ4v) is 3.90. The summed E-state index contributed by atoms with van der Waals surface area (Å²) >= 11 is 1.67. The van der Waals surface area contributed by atoms with Crippen molar-refractivity contribution in [2.45, 2.75) is 52.5 Å². The van der Waals surface area contributed by atoms with Crippen LogP contribution in [-0.4, -0.2) is 37.7 Å². The third kappa shape index (κ3) is 5.46. The number of ether oxygens (including phenoxy) is 1. The summed E-state index contributed by atoms with van der Waals surface area (Å²) in [5.74, 6) is 0.906. The number of hydrogen-bond donors (Lipinski definition) is 2. The van der Waals surface area contributed by atoms with Gasteiger partial charge in [-0.25, -0.2) is 9.98 Å². The Bertz CT molecular complexity index is 495. The second kappa shape index (κ2) is 9.23. The Morgan fingerprint density at radius 1 is 1.39 bits per heavy atom. The summed E-state index contributed by atoms with van der Waals surface area (Å²) in [6.07, 6.45) is 6.37. The molecule has 2 rings (SSSR count). The fourth-order valence-electron chi connectivity index (χ4n) is 3.20. The van der Waals surface area contributed by atoms with Gasteiger partial charge in [-0.3, -0.25) is 0 Å². The molecule has 1 aromatic rings. The van der Waals surface area contributed by atoms with E-state index in [1.165, 1.54) is 30.6 Å². The van der Waals surface area contributed by atoms with E-state index in [9.17, 15) is 0 Å². The Labute approximate surface area is 144 Å². The highest BCUT2D eigenvalue weighted by atomic mass is 32.1. The normalized spacial score (nSPS) is 17.4. The van der Waals surface area contributed by atoms with E-state index in [1.54, 1.807) is 18.4 Å². The van der Waals surface area contributed by atoms with E-state index in [0.717, 1.165) is 37.8 Å². The number of aryl methyl sites for hydroxylation is 1. The van der Waals surface area contributed by atoms with Crippen molar-refractivity contribution in [3.05, 3.63) is 16.1 Å². The molecule has 0 amide bonds. The minimum atomic E-state index is 0.368. The predicted octanol–water partition coefficient (Wildman–Crippen LogP) is 3.10. The molecule has 0 aromatic carbocycles. The summed E-state index contributed by atoms with van der Waals surface area (Å²) in [6.45, 7) is 7.53. The van der Waals surface area contributed by atoms with Crippen LogP contribution in [0.1, 0.15) is 49.6 Å². The maximum atomic E-state index is 5.31. The van der Waals surface area contributed by atoms with Crippen LogP contribution in [0.3, 0.4) is 0 Å². The van der Waals surface area contributed by atoms with Crippen LogP contribution in [0.2, 0.25) is 0 Å². The van der Waals surface area contributed by atoms with Crippen molar-refractivity contribution in [2.24, 2.45) is 10.4 Å². The highest BCUT2D eigenvalue weighted by Crippen LogP contribution is 2.40. The Morgan fingerprint density at radius 3 is 2.78 bits per heavy atom. The average molecular weight is 339 g/mol. The van der Waals surface area contributed by atoms with Crippen molar-refractivity contribution >= 4 is 17.3 Å². The molecule has 130 valence electrons. The molecule has 6 heteroatoms. The van der Waals surface area contributed by atoms with Crippen LogP contribution >= 0.6 is 11.3 Å². The monoisotopic (exact) mass is 338 g/mol. The number of rotatable bonds is 8. The van der Waals surface area contributed by atoms with Gasteiger partial charge in [0.15, 0.2) is 5.96 Å². The molecule has 1 heterocycles. The first-order valence-corrected chi connectivity index (χ1v) is 9.47. The molecule has 0 saturated heterocycles. The zero-order valence-electron chi connectivity index (χ0n) is 14.7. The smallest absolute Gasteiger partial charge is 0.191 e. The maximum Gasteiger partial charge on any atom is 0.191 e. The van der Waals surface area contributed by atoms with Crippen molar-refractivity contribution < 1.29 is 4.74 Å². The van der Waals surface area contributed by atoms with Gasteiger partial charge < -0.3 is 15.4 Å². The lowest BCUT2D eigenvalue weighted by Crippen LogP contribution is -2.43. The van der Waals surface area contributed by atoms with Crippen LogP contribution in [0, 0.1) is 12.3 Å². The van der Waals surface area contributed by atoms with Gasteiger partial charge >= 0.3 is 0 Å². The molecule has 0 spiro atoms. The van der Waals surface area contributed by atoms with Crippen molar-refractivity contribution in [3.8, 4) is 0 Å². The van der Waals surface area contributed by atoms with Crippen molar-refractivity contribution in [2.75, 3.05) is 26.8 Å². The summed E-state index contributed by atoms with van der Waals surface area (Å²) < 4.78 is 5.31. The number of methoxy groups -OCH3 is 1. The highest BCUT2D eigenvalue weighted by Gasteiger charge is 2.33. The molecule has 0 radical (unpaired) electrons. The SMILES string of the molecule is CCNC(=NCc1scnc1C)NCC1(CCOC)CCCC1. The van der Waals surface area contributed by atoms with E-state index in [1.807, 2.05) is 12.4 Å². The van der Waals surface area contributed by atoms with Crippen LogP contribution in [0.25, 0.3) is 0 Å². The van der Waals surface area contributed by atoms with E-state index in [2.05, 4.69) is 22.5 Å². The Hall–Kier alpha value is -1.14. The summed E-state index contributed by atoms with van der Waals surface area (Å²) in [5, 5.41) is 6.92. The lowest BCUT2D eigenvalue weighted by atomic mass is 9.83. The van der Waals surface area contributed by atoms with Gasteiger partial charge in [-0.15, -0.1) is 11.3 Å². The topological polar surface area (TPSA) is 58.5 Å². The summed E-state index contributed by atoms with van der Waals surface area (Å²) in [5.41, 5.74) is 3.34. The summed E-state index contributed by atoms with van der Waals surface area (Å²) in [6, 6.07) is 0. The van der Waals surface area contributed by atoms with Gasteiger partial charge in [-0.1, -0.05) is 12.8 Å². The molecular formula is C17H30N4OS. The first-order valence-electron chi connectivity index (χ1n) is 8.59. The standard InChI is InChI=1S/C17H30N4OS/c1-4-18-16(19-11-15-14(2)21-13-23-15)20-12-17(9-10-22-3)7-5-6-8-17/h13H,4-12H2,1-3H3,(H2,18,19,20). The molecule has 0 unspecified atom stereocenters. The largest absolute Gasteiger partial charge is 0.385 e. The molecule has 1 aliphatic carbocycles. The van der Waals surface area contributed by atoms with Gasteiger partial charge in [0, 0.05) is 31.7 Å². The van der Waals surface area contributed by atoms with Crippen LogP contribution in [0.4, 0.5) is 0 Å². The number of nitrogens with zero attached hydrogens (tertiary/aromatic N) is 2. The lowest BCUT2D eigenvalue weighted by molar-refractivity contribution is 0.138. The van der Waals surface area contributed by atoms with Crippen molar-refractivity contribution in [3.63, 3.8) is 0 Å². The molecule has 2 N–H and O–H groups in total. The van der Waals surface area contributed by atoms with Crippen LogP contribution in [-0.2, 0) is 11.3 Å². The minimum Gasteiger partial charge on any atom is -0.385 e. The molecule has 0 aliphatic heterocycles. The zero-order valence-corrected chi connectivity index (χ0v) is 15.5. The van der Waals surface area contributed by atoms with Gasteiger partial charge in [-0.2, -0.15) is 0 Å². The molecule has 1 aromatic heterocycles. The molecule has 1 aliphatic rings. The van der Waals surface area contributed by atoms with Gasteiger partial charge in [-0.05, 0) is 38.5 Å². The minimum absolute atomic E-state index is 0.368. The quantitative estimate of drug-likeness (QED) is 0.565. The zero-order chi connectivity index (χ0) is 16.5. The van der Waals surface area contributed by atoms with E-state index in [0.29, 0.717) is 12.0 Å². The summed E-state index contributed by atoms with van der Waals surface area (Å²) in [7, 11) is 1.79. The number of thiazole rings is 1. The van der Waals surface area contributed by atoms with Gasteiger partial charge in [0.25, 0.3) is 0 Å². The van der Waals surface area contributed by atoms with Gasteiger partial charge in [0.05, 0.1) is 17.7 Å². The Balaban J connectivity index is 1.93. The number of aromatic nitrogens is 1. The van der Waals surface area contributed by atoms with Crippen LogP contribution in [0.5, 0.6) is 0 Å². The molecule has 1 fully saturated rings. The molecule has 5 nitrogen and oxygen atoms in total. The van der Waals surface area contributed by atoms with Gasteiger partial charge in [0.2, 0.25) is 0 Å². The predicted molar refractivity (Wildman–Crippen MR) is 97.1 cm³/mol. The highest BCUT2D eigenvalue weighted by molar-refractivity contribution is 7.09. The number of aliphatic imine (C=N–C) groups is 1. The third-order valence-corrected chi connectivity index (χ3v) is 5.62. The third-order valence-electron chi connectivity index (χ3n) is 4.70. The first kappa shape index (κ1) is 18.2. The Kier molecular flexibility index (Phi) is 7.30. The lowest BCUT2D eigenvalue weighted by Gasteiger charge is -2.30. The van der Waals surface area contributed by atoms with Crippen molar-refractivity contribution in [1.29, 1.82) is 0 Å². The molecule has 0 bridgehead atoms. The van der Waals surface area contributed by atoms with E-state index in [4.69, 9.17) is 9.73 Å². The fraction of sp³-hybridized carbons (Fsp3) is 0.765. The second-order valence-electron chi connectivity index (χ2n) is 6.36. The number of hydrogen-bond acceptors (Lipinski definition) is 4. The molecular weight excluding hydrogens is 308 g/mol. The Morgan fingerprint density at radius 2 is 2.17 bits per heavy atom. The molecule has 23 heavy (non-hydrogen) atoms. The van der Waals surface area contributed by atoms with E-state index in [-0.39, 0.29) is 0 Å². The molecule has 1 saturated carbocycles. The molecule has 0 atom stereocenters. The second-order valence-corrected chi connectivity index (χ2v) is 7.30. The maximum absolute atomic E-state index is 5.31. The average Bonchev–Trinajstić information content (AvgIpc) is 3.18. The van der Waals surface area contributed by atoms with Crippen LogP contribution < -0.4 is 10.6 Å². The van der Waals surface area contributed by atoms with Crippen LogP contribution in [0.15, 0.2) is 10.5 Å². The van der Waals surface area contributed by atoms with Gasteiger partial charge in [0.1, 0.15) is 0 Å². The number of guanidine groups is 1. The van der Waals surface area contributed by atoms with E-state index < -0.39 is 0 Å². The first-order chi connectivity index (χ1) is 11.2. The number of nitrogens with one attached hydrogen (secondary N) is 2.